The zero-order chi connectivity index (χ0) is 22.0. The lowest BCUT2D eigenvalue weighted by Gasteiger charge is -2.35. The highest BCUT2D eigenvalue weighted by molar-refractivity contribution is 7.94. The summed E-state index contributed by atoms with van der Waals surface area (Å²) >= 11 is 2.20. The summed E-state index contributed by atoms with van der Waals surface area (Å²) in [4.78, 5) is 32.3. The largest absolute Gasteiger partial charge is 0.368 e. The summed E-state index contributed by atoms with van der Waals surface area (Å²) in [7, 11) is -3.69. The van der Waals surface area contributed by atoms with E-state index in [1.54, 1.807) is 21.7 Å². The van der Waals surface area contributed by atoms with Crippen LogP contribution in [0.15, 0.2) is 51.4 Å². The van der Waals surface area contributed by atoms with Gasteiger partial charge in [-0.3, -0.25) is 14.3 Å². The van der Waals surface area contributed by atoms with E-state index in [4.69, 9.17) is 0 Å². The van der Waals surface area contributed by atoms with Crippen LogP contribution in [0.5, 0.6) is 0 Å². The summed E-state index contributed by atoms with van der Waals surface area (Å²) in [5, 5.41) is 3.42. The Balaban J connectivity index is 1.36. The number of anilines is 2. The second kappa shape index (κ2) is 8.77. The molecule has 8 nitrogen and oxygen atoms in total. The minimum absolute atomic E-state index is 0.0299. The van der Waals surface area contributed by atoms with E-state index in [2.05, 4.69) is 14.6 Å². The van der Waals surface area contributed by atoms with Gasteiger partial charge in [0.25, 0.3) is 15.9 Å². The fourth-order valence-corrected chi connectivity index (χ4v) is 6.17. The highest BCUT2D eigenvalue weighted by Gasteiger charge is 2.25. The van der Waals surface area contributed by atoms with Crippen molar-refractivity contribution in [3.05, 3.63) is 58.4 Å². The number of carbonyl (C=O) groups excluding carboxylic acids is 2. The molecule has 2 aromatic heterocycles. The molecule has 1 aliphatic rings. The Morgan fingerprint density at radius 3 is 2.35 bits per heavy atom. The second-order valence-corrected chi connectivity index (χ2v) is 10.7. The van der Waals surface area contributed by atoms with Crippen LogP contribution in [0.1, 0.15) is 27.8 Å². The molecule has 1 fully saturated rings. The third-order valence-electron chi connectivity index (χ3n) is 4.91. The lowest BCUT2D eigenvalue weighted by Crippen LogP contribution is -2.48. The van der Waals surface area contributed by atoms with Gasteiger partial charge in [-0.2, -0.15) is 0 Å². The van der Waals surface area contributed by atoms with E-state index >= 15 is 0 Å². The molecular formula is C20H20N4O4S3. The van der Waals surface area contributed by atoms with Crippen LogP contribution in [0.3, 0.4) is 0 Å². The molecule has 0 atom stereocenters. The monoisotopic (exact) mass is 476 g/mol. The van der Waals surface area contributed by atoms with Crippen LogP contribution in [0.2, 0.25) is 0 Å². The molecule has 11 heteroatoms. The van der Waals surface area contributed by atoms with Crippen LogP contribution in [0, 0.1) is 0 Å². The van der Waals surface area contributed by atoms with Crippen molar-refractivity contribution >= 4 is 55.2 Å². The summed E-state index contributed by atoms with van der Waals surface area (Å²) in [5.74, 6) is -0.188. The predicted octanol–water partition coefficient (Wildman–Crippen LogP) is 3.17. The van der Waals surface area contributed by atoms with Crippen molar-refractivity contribution in [1.29, 1.82) is 0 Å². The zero-order valence-corrected chi connectivity index (χ0v) is 19.1. The van der Waals surface area contributed by atoms with Crippen molar-refractivity contribution in [3.63, 3.8) is 0 Å². The summed E-state index contributed by atoms with van der Waals surface area (Å²) in [6.07, 6.45) is 0. The van der Waals surface area contributed by atoms with Gasteiger partial charge in [0.15, 0.2) is 10.9 Å². The Bertz CT molecular complexity index is 1180. The van der Waals surface area contributed by atoms with E-state index in [0.717, 1.165) is 28.4 Å². The summed E-state index contributed by atoms with van der Waals surface area (Å²) in [6, 6.07) is 10.6. The zero-order valence-electron chi connectivity index (χ0n) is 16.6. The second-order valence-electron chi connectivity index (χ2n) is 6.96. The maximum absolute atomic E-state index is 12.8. The summed E-state index contributed by atoms with van der Waals surface area (Å²) < 4.78 is 27.3. The average Bonchev–Trinajstić information content (AvgIpc) is 3.46. The number of Topliss-reactive ketones (excluding diaryl/α,β-unsaturated/α-hetero) is 1. The maximum Gasteiger partial charge on any atom is 0.273 e. The number of nitrogens with zero attached hydrogens (tertiary/aromatic N) is 3. The molecule has 0 unspecified atom stereocenters. The molecule has 3 heterocycles. The average molecular weight is 477 g/mol. The van der Waals surface area contributed by atoms with Crippen LogP contribution in [-0.4, -0.2) is 56.2 Å². The highest BCUT2D eigenvalue weighted by Crippen LogP contribution is 2.24. The normalized spacial score (nSPS) is 14.5. The van der Waals surface area contributed by atoms with Crippen LogP contribution < -0.4 is 9.62 Å². The number of thiazole rings is 1. The van der Waals surface area contributed by atoms with E-state index in [1.165, 1.54) is 13.0 Å². The Hall–Kier alpha value is -2.76. The Morgan fingerprint density at radius 1 is 1.03 bits per heavy atom. The third kappa shape index (κ3) is 4.78. The van der Waals surface area contributed by atoms with E-state index in [9.17, 15) is 18.0 Å². The van der Waals surface area contributed by atoms with Gasteiger partial charge in [-0.05, 0) is 42.6 Å². The fourth-order valence-electron chi connectivity index (χ4n) is 3.24. The van der Waals surface area contributed by atoms with Gasteiger partial charge < -0.3 is 9.80 Å². The first kappa shape index (κ1) is 21.5. The number of aromatic nitrogens is 1. The molecule has 162 valence electrons. The number of sulfonamides is 1. The van der Waals surface area contributed by atoms with E-state index < -0.39 is 10.0 Å². The van der Waals surface area contributed by atoms with Crippen LogP contribution in [-0.2, 0) is 10.0 Å². The molecule has 1 amide bonds. The van der Waals surface area contributed by atoms with Crippen molar-refractivity contribution in [1.82, 2.24) is 9.88 Å². The number of amides is 1. The molecule has 31 heavy (non-hydrogen) atoms. The molecule has 4 rings (SSSR count). The number of ketones is 1. The van der Waals surface area contributed by atoms with Gasteiger partial charge in [-0.1, -0.05) is 6.07 Å². The topological polar surface area (TPSA) is 99.7 Å². The first-order valence-corrected chi connectivity index (χ1v) is 12.7. The number of piperazine rings is 1. The molecule has 0 aliphatic carbocycles. The molecule has 3 aromatic rings. The first-order valence-electron chi connectivity index (χ1n) is 9.50. The number of rotatable bonds is 6. The fraction of sp³-hybridized carbons (Fsp3) is 0.250. The Labute approximate surface area is 188 Å². The third-order valence-corrected chi connectivity index (χ3v) is 8.53. The molecule has 1 aliphatic heterocycles. The van der Waals surface area contributed by atoms with E-state index in [1.807, 2.05) is 24.3 Å². The molecule has 1 aromatic carbocycles. The van der Waals surface area contributed by atoms with Crippen molar-refractivity contribution in [3.8, 4) is 0 Å². The highest BCUT2D eigenvalue weighted by atomic mass is 32.2. The van der Waals surface area contributed by atoms with E-state index in [0.29, 0.717) is 31.7 Å². The van der Waals surface area contributed by atoms with Gasteiger partial charge in [0, 0.05) is 42.8 Å². The van der Waals surface area contributed by atoms with Gasteiger partial charge >= 0.3 is 0 Å². The van der Waals surface area contributed by atoms with Crippen LogP contribution in [0.25, 0.3) is 0 Å². The lowest BCUT2D eigenvalue weighted by molar-refractivity contribution is 0.0741. The maximum atomic E-state index is 12.8. The Kier molecular flexibility index (Phi) is 6.08. The number of nitrogens with one attached hydrogen (secondary N) is 1. The molecule has 0 radical (unpaired) electrons. The van der Waals surface area contributed by atoms with Gasteiger partial charge in [-0.25, -0.2) is 13.4 Å². The molecular weight excluding hydrogens is 456 g/mol. The smallest absolute Gasteiger partial charge is 0.273 e. The van der Waals surface area contributed by atoms with Crippen molar-refractivity contribution in [2.24, 2.45) is 0 Å². The van der Waals surface area contributed by atoms with Crippen LogP contribution in [0.4, 0.5) is 10.8 Å². The SMILES string of the molecule is CC(=O)c1ccc(N2CCN(C(=O)c3csc(NS(=O)(=O)c4cccs4)n3)CC2)cc1. The molecule has 1 N–H and O–H groups in total. The number of hydrogen-bond acceptors (Lipinski definition) is 8. The number of benzene rings is 1. The number of thiophene rings is 1. The number of carbonyl (C=O) groups is 2. The van der Waals surface area contributed by atoms with Crippen molar-refractivity contribution < 1.29 is 18.0 Å². The van der Waals surface area contributed by atoms with Gasteiger partial charge in [0.1, 0.15) is 9.90 Å². The first-order chi connectivity index (χ1) is 14.8. The summed E-state index contributed by atoms with van der Waals surface area (Å²) in [5.41, 5.74) is 1.91. The van der Waals surface area contributed by atoms with Crippen molar-refractivity contribution in [2.45, 2.75) is 11.1 Å². The predicted molar refractivity (Wildman–Crippen MR) is 122 cm³/mol. The molecule has 0 saturated carbocycles. The van der Waals surface area contributed by atoms with Gasteiger partial charge in [-0.15, -0.1) is 22.7 Å². The molecule has 0 spiro atoms. The lowest BCUT2D eigenvalue weighted by atomic mass is 10.1. The van der Waals surface area contributed by atoms with E-state index in [-0.39, 0.29) is 26.7 Å². The quantitative estimate of drug-likeness (QED) is 0.549. The Morgan fingerprint density at radius 2 is 1.74 bits per heavy atom. The van der Waals surface area contributed by atoms with Crippen molar-refractivity contribution in [2.75, 3.05) is 35.8 Å². The van der Waals surface area contributed by atoms with Gasteiger partial charge in [0.05, 0.1) is 0 Å². The molecule has 1 saturated heterocycles. The standard InChI is InChI=1S/C20H20N4O4S3/c1-14(25)15-4-6-16(7-5-15)23-8-10-24(11-9-23)19(26)17-13-30-20(21-17)22-31(27,28)18-3-2-12-29-18/h2-7,12-13H,8-11H2,1H3,(H,21,22). The molecule has 0 bridgehead atoms. The minimum atomic E-state index is -3.69. The van der Waals surface area contributed by atoms with Crippen LogP contribution >= 0.6 is 22.7 Å². The minimum Gasteiger partial charge on any atom is -0.368 e. The number of hydrogen-bond donors (Lipinski definition) is 1. The summed E-state index contributed by atoms with van der Waals surface area (Å²) in [6.45, 7) is 3.92. The van der Waals surface area contributed by atoms with Gasteiger partial charge in [0.2, 0.25) is 0 Å².